The molecule has 0 aliphatic carbocycles. The number of halogens is 2. The van der Waals surface area contributed by atoms with Crippen molar-refractivity contribution in [2.45, 2.75) is 30.4 Å². The molecule has 0 aliphatic heterocycles. The number of carbonyl (C=O) groups excluding carboxylic acids is 1. The topological polar surface area (TPSA) is 48.4 Å². The lowest BCUT2D eigenvalue weighted by Gasteiger charge is -2.12. The van der Waals surface area contributed by atoms with Gasteiger partial charge in [-0.2, -0.15) is 0 Å². The monoisotopic (exact) mass is 475 g/mol. The molecule has 0 fully saturated rings. The molecule has 0 N–H and O–H groups in total. The largest absolute Gasteiger partial charge is 0.497 e. The third kappa shape index (κ3) is 6.89. The van der Waals surface area contributed by atoms with E-state index in [0.29, 0.717) is 33.8 Å². The molecule has 1 aromatic heterocycles. The molecule has 2 aromatic carbocycles. The molecule has 1 heterocycles. The number of Topliss-reactive ketones (excluding diaryl/α,β-unsaturated/α-hetero) is 1. The number of hydrogen-bond donors (Lipinski definition) is 0. The zero-order chi connectivity index (χ0) is 22.2. The molecule has 0 amide bonds. The lowest BCUT2D eigenvalue weighted by molar-refractivity contribution is -0.116. The summed E-state index contributed by atoms with van der Waals surface area (Å²) in [5.74, 6) is 2.07. The molecule has 0 saturated carbocycles. The van der Waals surface area contributed by atoms with Gasteiger partial charge in [-0.1, -0.05) is 41.4 Å². The van der Waals surface area contributed by atoms with Crippen LogP contribution < -0.4 is 9.47 Å². The minimum absolute atomic E-state index is 0.0338. The Morgan fingerprint density at radius 3 is 2.39 bits per heavy atom. The van der Waals surface area contributed by atoms with Crippen LogP contribution in [0.5, 0.6) is 11.5 Å². The molecule has 0 radical (unpaired) electrons. The number of aromatic nitrogens is 1. The highest BCUT2D eigenvalue weighted by Gasteiger charge is 2.12. The standard InChI is InChI=1S/C24H23Cl2NO3S/c1-16(28)14-22-23(30-13-12-17-6-9-19(29-2)10-7-17)11-8-18(27-22)15-31-24-20(25)4-3-5-21(24)26/h3-11H,12-15H2,1-2H3. The second-order valence-electron chi connectivity index (χ2n) is 6.91. The van der Waals surface area contributed by atoms with Crippen LogP contribution in [-0.2, 0) is 23.4 Å². The third-order valence-electron chi connectivity index (χ3n) is 4.50. The van der Waals surface area contributed by atoms with Crippen LogP contribution in [0, 0.1) is 0 Å². The highest BCUT2D eigenvalue weighted by atomic mass is 35.5. The number of hydrogen-bond acceptors (Lipinski definition) is 5. The van der Waals surface area contributed by atoms with Gasteiger partial charge >= 0.3 is 0 Å². The quantitative estimate of drug-likeness (QED) is 0.315. The molecular weight excluding hydrogens is 453 g/mol. The van der Waals surface area contributed by atoms with E-state index in [1.54, 1.807) is 14.0 Å². The molecule has 0 saturated heterocycles. The second kappa shape index (κ2) is 11.4. The molecule has 0 atom stereocenters. The van der Waals surface area contributed by atoms with Gasteiger partial charge in [0.25, 0.3) is 0 Å². The smallest absolute Gasteiger partial charge is 0.141 e. The first-order valence-corrected chi connectivity index (χ1v) is 11.5. The van der Waals surface area contributed by atoms with Crippen molar-refractivity contribution in [1.29, 1.82) is 0 Å². The molecule has 0 unspecified atom stereocenters. The molecule has 3 aromatic rings. The van der Waals surface area contributed by atoms with E-state index in [0.717, 1.165) is 28.3 Å². The van der Waals surface area contributed by atoms with Gasteiger partial charge in [-0.15, -0.1) is 11.8 Å². The maximum atomic E-state index is 11.8. The van der Waals surface area contributed by atoms with Crippen molar-refractivity contribution < 1.29 is 14.3 Å². The summed E-state index contributed by atoms with van der Waals surface area (Å²) in [6.45, 7) is 2.04. The number of rotatable bonds is 10. The van der Waals surface area contributed by atoms with Crippen LogP contribution in [0.3, 0.4) is 0 Å². The van der Waals surface area contributed by atoms with Gasteiger partial charge in [0.2, 0.25) is 0 Å². The van der Waals surface area contributed by atoms with Gasteiger partial charge in [0.05, 0.1) is 41.6 Å². The zero-order valence-corrected chi connectivity index (χ0v) is 19.7. The van der Waals surface area contributed by atoms with Crippen LogP contribution >= 0.6 is 35.0 Å². The molecule has 31 heavy (non-hydrogen) atoms. The Morgan fingerprint density at radius 1 is 1.03 bits per heavy atom. The average Bonchev–Trinajstić information content (AvgIpc) is 2.75. The first-order chi connectivity index (χ1) is 15.0. The van der Waals surface area contributed by atoms with Crippen molar-refractivity contribution in [3.8, 4) is 11.5 Å². The molecule has 0 spiro atoms. The summed E-state index contributed by atoms with van der Waals surface area (Å²) in [6.07, 6.45) is 0.968. The summed E-state index contributed by atoms with van der Waals surface area (Å²) >= 11 is 14.0. The molecule has 7 heteroatoms. The molecular formula is C24H23Cl2NO3S. The van der Waals surface area contributed by atoms with Crippen molar-refractivity contribution >= 4 is 40.7 Å². The van der Waals surface area contributed by atoms with Crippen LogP contribution in [0.4, 0.5) is 0 Å². The number of pyridine rings is 1. The summed E-state index contributed by atoms with van der Waals surface area (Å²) in [6, 6.07) is 17.1. The fourth-order valence-corrected chi connectivity index (χ4v) is 4.54. The molecule has 4 nitrogen and oxygen atoms in total. The summed E-state index contributed by atoms with van der Waals surface area (Å²) in [7, 11) is 1.65. The summed E-state index contributed by atoms with van der Waals surface area (Å²) < 4.78 is 11.1. The number of carbonyl (C=O) groups is 1. The van der Waals surface area contributed by atoms with Crippen molar-refractivity contribution in [3.05, 3.63) is 81.6 Å². The van der Waals surface area contributed by atoms with E-state index in [1.165, 1.54) is 11.8 Å². The van der Waals surface area contributed by atoms with Gasteiger partial charge in [-0.3, -0.25) is 9.78 Å². The number of nitrogens with zero attached hydrogens (tertiary/aromatic N) is 1. The lowest BCUT2D eigenvalue weighted by Crippen LogP contribution is -2.08. The van der Waals surface area contributed by atoms with E-state index in [1.807, 2.05) is 54.6 Å². The fourth-order valence-electron chi connectivity index (χ4n) is 2.95. The number of ketones is 1. The maximum Gasteiger partial charge on any atom is 0.141 e. The first kappa shape index (κ1) is 23.5. The van der Waals surface area contributed by atoms with Crippen molar-refractivity contribution in [3.63, 3.8) is 0 Å². The summed E-state index contributed by atoms with van der Waals surface area (Å²) in [5, 5.41) is 1.22. The third-order valence-corrected chi connectivity index (χ3v) is 6.52. The Labute approximate surface area is 196 Å². The van der Waals surface area contributed by atoms with Crippen molar-refractivity contribution in [1.82, 2.24) is 4.98 Å². The molecule has 3 rings (SSSR count). The number of ether oxygens (including phenoxy) is 2. The van der Waals surface area contributed by atoms with Crippen LogP contribution in [-0.4, -0.2) is 24.5 Å². The highest BCUT2D eigenvalue weighted by Crippen LogP contribution is 2.35. The molecule has 0 aliphatic rings. The van der Waals surface area contributed by atoms with E-state index in [2.05, 4.69) is 4.98 Å². The van der Waals surface area contributed by atoms with Crippen LogP contribution in [0.2, 0.25) is 10.0 Å². The minimum Gasteiger partial charge on any atom is -0.497 e. The first-order valence-electron chi connectivity index (χ1n) is 9.77. The Balaban J connectivity index is 1.66. The van der Waals surface area contributed by atoms with Crippen molar-refractivity contribution in [2.24, 2.45) is 0 Å². The number of benzene rings is 2. The van der Waals surface area contributed by atoms with Gasteiger partial charge in [0, 0.05) is 17.1 Å². The predicted octanol–water partition coefficient (Wildman–Crippen LogP) is 6.44. The van der Waals surface area contributed by atoms with E-state index in [-0.39, 0.29) is 12.2 Å². The van der Waals surface area contributed by atoms with Gasteiger partial charge in [-0.05, 0) is 48.9 Å². The second-order valence-corrected chi connectivity index (χ2v) is 8.71. The maximum absolute atomic E-state index is 11.8. The fraction of sp³-hybridized carbons (Fsp3) is 0.250. The highest BCUT2D eigenvalue weighted by molar-refractivity contribution is 7.98. The predicted molar refractivity (Wildman–Crippen MR) is 127 cm³/mol. The number of thioether (sulfide) groups is 1. The van der Waals surface area contributed by atoms with Crippen molar-refractivity contribution in [2.75, 3.05) is 13.7 Å². The lowest BCUT2D eigenvalue weighted by atomic mass is 10.1. The van der Waals surface area contributed by atoms with E-state index in [9.17, 15) is 4.79 Å². The number of methoxy groups -OCH3 is 1. The molecule has 0 bridgehead atoms. The van der Waals surface area contributed by atoms with Gasteiger partial charge in [-0.25, -0.2) is 0 Å². The normalized spacial score (nSPS) is 10.7. The summed E-state index contributed by atoms with van der Waals surface area (Å²) in [5.41, 5.74) is 2.62. The van der Waals surface area contributed by atoms with Gasteiger partial charge in [0.1, 0.15) is 17.3 Å². The van der Waals surface area contributed by atoms with Gasteiger partial charge in [0.15, 0.2) is 0 Å². The zero-order valence-electron chi connectivity index (χ0n) is 17.4. The van der Waals surface area contributed by atoms with E-state index < -0.39 is 0 Å². The van der Waals surface area contributed by atoms with Crippen LogP contribution in [0.1, 0.15) is 23.9 Å². The molecule has 162 valence electrons. The average molecular weight is 476 g/mol. The van der Waals surface area contributed by atoms with Crippen LogP contribution in [0.15, 0.2) is 59.5 Å². The Bertz CT molecular complexity index is 1020. The van der Waals surface area contributed by atoms with E-state index in [4.69, 9.17) is 32.7 Å². The Kier molecular flexibility index (Phi) is 8.64. The Hall–Kier alpha value is -2.21. The summed E-state index contributed by atoms with van der Waals surface area (Å²) in [4.78, 5) is 17.2. The SMILES string of the molecule is COc1ccc(CCOc2ccc(CSc3c(Cl)cccc3Cl)nc2CC(C)=O)cc1. The van der Waals surface area contributed by atoms with E-state index >= 15 is 0 Å². The van der Waals surface area contributed by atoms with Crippen LogP contribution in [0.25, 0.3) is 0 Å². The van der Waals surface area contributed by atoms with Gasteiger partial charge < -0.3 is 9.47 Å². The Morgan fingerprint density at radius 2 is 1.74 bits per heavy atom. The minimum atomic E-state index is 0.0338.